The molecule has 1 aromatic carbocycles. The second-order valence-corrected chi connectivity index (χ2v) is 11.2. The van der Waals surface area contributed by atoms with Gasteiger partial charge in [0.15, 0.2) is 0 Å². The maximum absolute atomic E-state index is 13.6. The summed E-state index contributed by atoms with van der Waals surface area (Å²) >= 11 is 3.42. The largest absolute Gasteiger partial charge is 0.495 e. The molecule has 2 aromatic rings. The van der Waals surface area contributed by atoms with Gasteiger partial charge in [0.05, 0.1) is 44.8 Å². The number of esters is 1. The third-order valence-corrected chi connectivity index (χ3v) is 6.82. The summed E-state index contributed by atoms with van der Waals surface area (Å²) < 4.78 is 24.0. The van der Waals surface area contributed by atoms with Crippen molar-refractivity contribution in [1.29, 1.82) is 0 Å². The lowest BCUT2D eigenvalue weighted by atomic mass is 9.73. The average Bonchev–Trinajstić information content (AvgIpc) is 3.19. The first-order chi connectivity index (χ1) is 17.5. The van der Waals surface area contributed by atoms with E-state index in [1.807, 2.05) is 57.2 Å². The number of halogens is 1. The van der Waals surface area contributed by atoms with Crippen molar-refractivity contribution in [3.63, 3.8) is 0 Å². The van der Waals surface area contributed by atoms with Crippen LogP contribution in [-0.4, -0.2) is 53.9 Å². The summed E-state index contributed by atoms with van der Waals surface area (Å²) in [4.78, 5) is 32.8. The van der Waals surface area contributed by atoms with Crippen LogP contribution < -0.4 is 4.74 Å². The van der Waals surface area contributed by atoms with Gasteiger partial charge in [-0.25, -0.2) is 14.6 Å². The Kier molecular flexibility index (Phi) is 9.58. The number of pyridine rings is 1. The summed E-state index contributed by atoms with van der Waals surface area (Å²) in [6.45, 7) is 11.8. The van der Waals surface area contributed by atoms with Crippen LogP contribution in [0.3, 0.4) is 0 Å². The van der Waals surface area contributed by atoms with E-state index in [0.29, 0.717) is 10.4 Å². The zero-order valence-corrected chi connectivity index (χ0v) is 24.2. The molecule has 0 unspecified atom stereocenters. The molecule has 0 aliphatic carbocycles. The summed E-state index contributed by atoms with van der Waals surface area (Å²) in [6.07, 6.45) is 0.138. The molecule has 1 amide bonds. The Morgan fingerprint density at radius 3 is 2.41 bits per heavy atom. The van der Waals surface area contributed by atoms with E-state index in [9.17, 15) is 9.59 Å². The second kappa shape index (κ2) is 12.3. The van der Waals surface area contributed by atoms with Crippen LogP contribution in [0, 0.1) is 11.3 Å². The van der Waals surface area contributed by atoms with Crippen LogP contribution in [0.4, 0.5) is 4.79 Å². The molecule has 0 radical (unpaired) electrons. The summed E-state index contributed by atoms with van der Waals surface area (Å²) in [6, 6.07) is 9.96. The number of likely N-dealkylation sites (tertiary alicyclic amines) is 1. The molecule has 1 saturated heterocycles. The number of ether oxygens (including phenoxy) is 4. The van der Waals surface area contributed by atoms with Crippen LogP contribution in [-0.2, 0) is 25.6 Å². The Hall–Kier alpha value is -2.65. The predicted molar refractivity (Wildman–Crippen MR) is 143 cm³/mol. The van der Waals surface area contributed by atoms with Gasteiger partial charge in [-0.3, -0.25) is 4.90 Å². The smallest absolute Gasteiger partial charge is 0.411 e. The third kappa shape index (κ3) is 6.62. The molecule has 0 bridgehead atoms. The monoisotopic (exact) mass is 576 g/mol. The van der Waals surface area contributed by atoms with Gasteiger partial charge < -0.3 is 18.9 Å². The van der Waals surface area contributed by atoms with Gasteiger partial charge >= 0.3 is 12.1 Å². The summed E-state index contributed by atoms with van der Waals surface area (Å²) in [5.74, 6) is -0.282. The fraction of sp³-hybridized carbons (Fsp3) is 0.536. The summed E-state index contributed by atoms with van der Waals surface area (Å²) in [7, 11) is 1.58. The lowest BCUT2D eigenvalue weighted by molar-refractivity contribution is -0.151. The molecule has 4 atom stereocenters. The minimum absolute atomic E-state index is 0.188. The van der Waals surface area contributed by atoms with Crippen LogP contribution in [0.5, 0.6) is 5.75 Å². The molecule has 37 heavy (non-hydrogen) atoms. The molecule has 8 nitrogen and oxygen atoms in total. The summed E-state index contributed by atoms with van der Waals surface area (Å²) in [5, 5.41) is 0. The molecule has 1 aliphatic heterocycles. The number of carbonyl (C=O) groups is 2. The van der Waals surface area contributed by atoms with Crippen molar-refractivity contribution in [2.45, 2.75) is 72.4 Å². The minimum Gasteiger partial charge on any atom is -0.495 e. The number of hydrogen-bond donors (Lipinski definition) is 0. The van der Waals surface area contributed by atoms with E-state index in [1.54, 1.807) is 34.1 Å². The van der Waals surface area contributed by atoms with Gasteiger partial charge in [-0.15, -0.1) is 0 Å². The Bertz CT molecular complexity index is 1070. The Morgan fingerprint density at radius 1 is 1.16 bits per heavy atom. The van der Waals surface area contributed by atoms with Crippen molar-refractivity contribution in [2.24, 2.45) is 11.3 Å². The minimum atomic E-state index is -0.896. The van der Waals surface area contributed by atoms with Crippen molar-refractivity contribution in [2.75, 3.05) is 13.7 Å². The highest BCUT2D eigenvalue weighted by Gasteiger charge is 2.59. The van der Waals surface area contributed by atoms with E-state index >= 15 is 0 Å². The Balaban J connectivity index is 2.16. The lowest BCUT2D eigenvalue weighted by Crippen LogP contribution is -2.48. The van der Waals surface area contributed by atoms with Crippen LogP contribution >= 0.6 is 15.9 Å². The molecule has 1 fully saturated rings. The van der Waals surface area contributed by atoms with E-state index in [1.165, 1.54) is 4.90 Å². The van der Waals surface area contributed by atoms with E-state index in [2.05, 4.69) is 20.9 Å². The first kappa shape index (κ1) is 28.9. The van der Waals surface area contributed by atoms with Crippen LogP contribution in [0.25, 0.3) is 0 Å². The van der Waals surface area contributed by atoms with Gasteiger partial charge in [0, 0.05) is 11.5 Å². The van der Waals surface area contributed by atoms with Crippen LogP contribution in [0.15, 0.2) is 47.2 Å². The van der Waals surface area contributed by atoms with E-state index < -0.39 is 41.6 Å². The summed E-state index contributed by atoms with van der Waals surface area (Å²) in [5.41, 5.74) is 1.21. The molecular weight excluding hydrogens is 540 g/mol. The number of carbonyl (C=O) groups excluding carboxylic acids is 2. The van der Waals surface area contributed by atoms with Gasteiger partial charge in [0.25, 0.3) is 0 Å². The van der Waals surface area contributed by atoms with Gasteiger partial charge in [-0.2, -0.15) is 0 Å². The maximum atomic E-state index is 13.6. The molecule has 1 aromatic heterocycles. The first-order valence-electron chi connectivity index (χ1n) is 12.5. The van der Waals surface area contributed by atoms with Crippen LogP contribution in [0.2, 0.25) is 0 Å². The van der Waals surface area contributed by atoms with Crippen LogP contribution in [0.1, 0.15) is 58.7 Å². The van der Waals surface area contributed by atoms with Crippen molar-refractivity contribution >= 4 is 28.0 Å². The lowest BCUT2D eigenvalue weighted by Gasteiger charge is -2.35. The molecule has 0 N–H and O–H groups in total. The first-order valence-corrected chi connectivity index (χ1v) is 13.3. The number of methoxy groups -OCH3 is 1. The number of aromatic nitrogens is 1. The number of hydrogen-bond acceptors (Lipinski definition) is 7. The van der Waals surface area contributed by atoms with Gasteiger partial charge in [0.2, 0.25) is 0 Å². The molecule has 9 heteroatoms. The van der Waals surface area contributed by atoms with Crippen molar-refractivity contribution in [3.05, 3.63) is 58.3 Å². The van der Waals surface area contributed by atoms with Crippen molar-refractivity contribution < 1.29 is 28.5 Å². The maximum Gasteiger partial charge on any atom is 0.411 e. The highest BCUT2D eigenvalue weighted by atomic mass is 79.9. The normalized spacial score (nSPS) is 21.7. The van der Waals surface area contributed by atoms with Crippen molar-refractivity contribution in [1.82, 2.24) is 9.88 Å². The van der Waals surface area contributed by atoms with E-state index in [0.717, 1.165) is 11.1 Å². The van der Waals surface area contributed by atoms with E-state index in [4.69, 9.17) is 18.9 Å². The third-order valence-electron chi connectivity index (χ3n) is 6.39. The second-order valence-electron chi connectivity index (χ2n) is 10.4. The predicted octanol–water partition coefficient (Wildman–Crippen LogP) is 5.93. The zero-order valence-electron chi connectivity index (χ0n) is 22.6. The van der Waals surface area contributed by atoms with Gasteiger partial charge in [0.1, 0.15) is 16.4 Å². The highest BCUT2D eigenvalue weighted by Crippen LogP contribution is 2.50. The zero-order chi connectivity index (χ0) is 27.3. The van der Waals surface area contributed by atoms with Crippen molar-refractivity contribution in [3.8, 4) is 5.75 Å². The highest BCUT2D eigenvalue weighted by molar-refractivity contribution is 9.10. The average molecular weight is 578 g/mol. The van der Waals surface area contributed by atoms with Gasteiger partial charge in [-0.05, 0) is 53.7 Å². The molecule has 0 saturated carbocycles. The standard InChI is InChI=1S/C28H37BrN2O6/c1-8-35-26(32)24-22(28(4,5)6)25(36-16-19-14-21(29)30-15-20(19)34-7)23(18-12-10-9-11-13-18)31(24)27(33)37-17(2)3/h9-15,17,22-25H,8,16H2,1-7H3/t22-,23+,24+,25+/m1/s1. The number of nitrogens with zero attached hydrogens (tertiary/aromatic N) is 2. The van der Waals surface area contributed by atoms with E-state index in [-0.39, 0.29) is 19.3 Å². The Morgan fingerprint density at radius 2 is 1.84 bits per heavy atom. The molecule has 1 aliphatic rings. The number of amides is 1. The number of benzene rings is 1. The fourth-order valence-corrected chi connectivity index (χ4v) is 5.34. The molecule has 2 heterocycles. The quantitative estimate of drug-likeness (QED) is 0.284. The molecular formula is C28H37BrN2O6. The fourth-order valence-electron chi connectivity index (χ4n) is 4.96. The number of rotatable bonds is 8. The molecule has 0 spiro atoms. The molecule has 202 valence electrons. The SMILES string of the molecule is CCOC(=O)[C@@H]1[C@@H](C(C)(C)C)[C@H](OCc2cc(Br)ncc2OC)[C@H](c2ccccc2)N1C(=O)OC(C)C. The Labute approximate surface area is 227 Å². The van der Waals surface area contributed by atoms with Gasteiger partial charge in [-0.1, -0.05) is 51.1 Å². The topological polar surface area (TPSA) is 87.2 Å². The molecule has 3 rings (SSSR count).